The molecule has 1 saturated heterocycles. The van der Waals surface area contributed by atoms with E-state index in [1.165, 1.54) is 5.56 Å². The Balaban J connectivity index is 1.39. The fourth-order valence-electron chi connectivity index (χ4n) is 4.47. The number of anilines is 2. The first-order valence-corrected chi connectivity index (χ1v) is 10.0. The summed E-state index contributed by atoms with van der Waals surface area (Å²) in [6, 6.07) is 9.43. The highest BCUT2D eigenvalue weighted by molar-refractivity contribution is 6.30. The van der Waals surface area contributed by atoms with Crippen molar-refractivity contribution in [1.82, 2.24) is 19.7 Å². The van der Waals surface area contributed by atoms with E-state index in [4.69, 9.17) is 27.8 Å². The van der Waals surface area contributed by atoms with Gasteiger partial charge in [0.1, 0.15) is 0 Å². The summed E-state index contributed by atoms with van der Waals surface area (Å²) >= 11 is 6.02. The Bertz CT molecular complexity index is 756. The van der Waals surface area contributed by atoms with Crippen LogP contribution in [0.5, 0.6) is 0 Å². The van der Waals surface area contributed by atoms with Gasteiger partial charge < -0.3 is 16.2 Å². The number of nitrogens with two attached hydrogens (primary N) is 2. The van der Waals surface area contributed by atoms with Gasteiger partial charge in [0.2, 0.25) is 11.9 Å². The zero-order valence-electron chi connectivity index (χ0n) is 15.4. The summed E-state index contributed by atoms with van der Waals surface area (Å²) in [5.41, 5.74) is 12.9. The summed E-state index contributed by atoms with van der Waals surface area (Å²) in [4.78, 5) is 6.68. The second kappa shape index (κ2) is 8.04. The molecule has 1 aromatic heterocycles. The Morgan fingerprint density at radius 1 is 1.07 bits per heavy atom. The van der Waals surface area contributed by atoms with E-state index in [1.54, 1.807) is 4.68 Å². The van der Waals surface area contributed by atoms with Crippen LogP contribution in [0.25, 0.3) is 0 Å². The topological polar surface area (TPSA) is 95.2 Å². The molecule has 8 heteroatoms. The van der Waals surface area contributed by atoms with Crippen LogP contribution in [0.1, 0.15) is 37.3 Å². The van der Waals surface area contributed by atoms with Crippen molar-refractivity contribution in [1.29, 1.82) is 0 Å². The van der Waals surface area contributed by atoms with Gasteiger partial charge in [0, 0.05) is 23.7 Å². The summed E-state index contributed by atoms with van der Waals surface area (Å²) in [5, 5.41) is 5.04. The second-order valence-electron chi connectivity index (χ2n) is 7.53. The summed E-state index contributed by atoms with van der Waals surface area (Å²) in [7, 11) is 0. The number of morpholine rings is 1. The third-order valence-corrected chi connectivity index (χ3v) is 6.06. The van der Waals surface area contributed by atoms with E-state index in [0.717, 1.165) is 56.9 Å². The molecule has 0 amide bonds. The molecule has 0 spiro atoms. The van der Waals surface area contributed by atoms with Crippen molar-refractivity contribution in [3.05, 3.63) is 34.9 Å². The minimum absolute atomic E-state index is 0.255. The zero-order valence-corrected chi connectivity index (χ0v) is 16.2. The number of ether oxygens (including phenoxy) is 1. The molecule has 0 bridgehead atoms. The first-order valence-electron chi connectivity index (χ1n) is 9.65. The molecule has 7 nitrogen and oxygen atoms in total. The summed E-state index contributed by atoms with van der Waals surface area (Å²) in [5.74, 6) is 0.675. The van der Waals surface area contributed by atoms with Gasteiger partial charge in [0.25, 0.3) is 0 Å². The Morgan fingerprint density at radius 2 is 1.78 bits per heavy atom. The Morgan fingerprint density at radius 3 is 2.44 bits per heavy atom. The SMILES string of the molecule is Nc1nc(N)n(C2CCC(N3CCOCC3Cc3ccc(Cl)cc3)CC2)n1. The highest BCUT2D eigenvalue weighted by Crippen LogP contribution is 2.33. The third-order valence-electron chi connectivity index (χ3n) is 5.81. The number of hydrogen-bond donors (Lipinski definition) is 2. The molecule has 1 saturated carbocycles. The minimum Gasteiger partial charge on any atom is -0.378 e. The van der Waals surface area contributed by atoms with E-state index in [1.807, 2.05) is 12.1 Å². The van der Waals surface area contributed by atoms with Crippen LogP contribution in [0.4, 0.5) is 11.9 Å². The van der Waals surface area contributed by atoms with Crippen molar-refractivity contribution in [3.63, 3.8) is 0 Å². The molecule has 27 heavy (non-hydrogen) atoms. The first-order chi connectivity index (χ1) is 13.1. The number of rotatable bonds is 4. The lowest BCUT2D eigenvalue weighted by Gasteiger charge is -2.44. The van der Waals surface area contributed by atoms with Gasteiger partial charge >= 0.3 is 0 Å². The van der Waals surface area contributed by atoms with Crippen molar-refractivity contribution >= 4 is 23.5 Å². The standard InChI is InChI=1S/C19H27ClN6O/c20-14-3-1-13(2-4-14)11-17-12-27-10-9-25(17)15-5-7-16(8-6-15)26-19(22)23-18(21)24-26/h1-4,15-17H,5-12H2,(H4,21,22,23,24). The van der Waals surface area contributed by atoms with Crippen LogP contribution >= 0.6 is 11.6 Å². The van der Waals surface area contributed by atoms with Crippen molar-refractivity contribution < 1.29 is 4.74 Å². The summed E-state index contributed by atoms with van der Waals surface area (Å²) < 4.78 is 7.59. The lowest BCUT2D eigenvalue weighted by atomic mass is 9.88. The van der Waals surface area contributed by atoms with Gasteiger partial charge in [-0.05, 0) is 49.8 Å². The number of nitrogen functional groups attached to an aromatic ring is 2. The Labute approximate surface area is 164 Å². The maximum absolute atomic E-state index is 6.02. The monoisotopic (exact) mass is 390 g/mol. The lowest BCUT2D eigenvalue weighted by molar-refractivity contribution is -0.0382. The van der Waals surface area contributed by atoms with E-state index < -0.39 is 0 Å². The molecule has 146 valence electrons. The Hall–Kier alpha value is -1.83. The summed E-state index contributed by atoms with van der Waals surface area (Å²) in [6.45, 7) is 2.59. The molecule has 2 fully saturated rings. The van der Waals surface area contributed by atoms with Gasteiger partial charge in [0.15, 0.2) is 0 Å². The fraction of sp³-hybridized carbons (Fsp3) is 0.579. The van der Waals surface area contributed by atoms with Crippen molar-refractivity contribution in [3.8, 4) is 0 Å². The lowest BCUT2D eigenvalue weighted by Crippen LogP contribution is -2.52. The average Bonchev–Trinajstić information content (AvgIpc) is 3.02. The largest absolute Gasteiger partial charge is 0.378 e. The van der Waals surface area contributed by atoms with Crippen LogP contribution in [0, 0.1) is 0 Å². The average molecular weight is 391 g/mol. The molecule has 1 aliphatic carbocycles. The van der Waals surface area contributed by atoms with Gasteiger partial charge in [-0.3, -0.25) is 4.90 Å². The third kappa shape index (κ3) is 4.20. The van der Waals surface area contributed by atoms with Crippen LogP contribution in [0.15, 0.2) is 24.3 Å². The maximum atomic E-state index is 6.02. The quantitative estimate of drug-likeness (QED) is 0.832. The van der Waals surface area contributed by atoms with Crippen molar-refractivity contribution in [2.75, 3.05) is 31.2 Å². The molecule has 2 aliphatic rings. The van der Waals surface area contributed by atoms with Gasteiger partial charge in [-0.2, -0.15) is 4.98 Å². The van der Waals surface area contributed by atoms with Crippen LogP contribution in [0.2, 0.25) is 5.02 Å². The van der Waals surface area contributed by atoms with Crippen LogP contribution in [-0.4, -0.2) is 51.5 Å². The number of aromatic nitrogens is 3. The predicted molar refractivity (Wildman–Crippen MR) is 107 cm³/mol. The first kappa shape index (κ1) is 18.5. The number of halogens is 1. The van der Waals surface area contributed by atoms with Gasteiger partial charge in [-0.1, -0.05) is 23.7 Å². The van der Waals surface area contributed by atoms with Crippen LogP contribution in [0.3, 0.4) is 0 Å². The van der Waals surface area contributed by atoms with Gasteiger partial charge in [-0.15, -0.1) is 5.10 Å². The summed E-state index contributed by atoms with van der Waals surface area (Å²) in [6.07, 6.45) is 5.33. The molecule has 2 aromatic rings. The number of hydrogen-bond acceptors (Lipinski definition) is 6. The van der Waals surface area contributed by atoms with Crippen molar-refractivity contribution in [2.45, 2.75) is 50.2 Å². The highest BCUT2D eigenvalue weighted by Gasteiger charge is 2.33. The molecule has 1 unspecified atom stereocenters. The predicted octanol–water partition coefficient (Wildman–Crippen LogP) is 2.52. The number of benzene rings is 1. The molecule has 2 heterocycles. The fourth-order valence-corrected chi connectivity index (χ4v) is 4.60. The molecule has 4 rings (SSSR count). The maximum Gasteiger partial charge on any atom is 0.241 e. The van der Waals surface area contributed by atoms with E-state index >= 15 is 0 Å². The highest BCUT2D eigenvalue weighted by atomic mass is 35.5. The molecule has 1 aromatic carbocycles. The normalized spacial score (nSPS) is 26.9. The van der Waals surface area contributed by atoms with Gasteiger partial charge in [0.05, 0.1) is 19.3 Å². The molecule has 1 aliphatic heterocycles. The zero-order chi connectivity index (χ0) is 18.8. The van der Waals surface area contributed by atoms with Crippen molar-refractivity contribution in [2.24, 2.45) is 0 Å². The molecular weight excluding hydrogens is 364 g/mol. The van der Waals surface area contributed by atoms with Gasteiger partial charge in [-0.25, -0.2) is 4.68 Å². The minimum atomic E-state index is 0.255. The van der Waals surface area contributed by atoms with E-state index in [-0.39, 0.29) is 5.95 Å². The van der Waals surface area contributed by atoms with Crippen LogP contribution < -0.4 is 11.5 Å². The molecule has 1 atom stereocenters. The second-order valence-corrected chi connectivity index (χ2v) is 7.97. The Kier molecular flexibility index (Phi) is 5.52. The van der Waals surface area contributed by atoms with Crippen LogP contribution in [-0.2, 0) is 11.2 Å². The van der Waals surface area contributed by atoms with E-state index in [2.05, 4.69) is 27.1 Å². The van der Waals surface area contributed by atoms with E-state index in [9.17, 15) is 0 Å². The molecule has 0 radical (unpaired) electrons. The molecular formula is C19H27ClN6O. The van der Waals surface area contributed by atoms with E-state index in [0.29, 0.717) is 24.1 Å². The number of nitrogens with zero attached hydrogens (tertiary/aromatic N) is 4. The molecule has 4 N–H and O–H groups in total. The smallest absolute Gasteiger partial charge is 0.241 e.